The Kier molecular flexibility index (Phi) is 7.15. The number of benzene rings is 4. The molecule has 0 radical (unpaired) electrons. The molecule has 4 aromatic rings. The molecule has 1 aliphatic heterocycles. The molecule has 6 heteroatoms. The molecule has 4 aromatic carbocycles. The Morgan fingerprint density at radius 2 is 1.08 bits per heavy atom. The van der Waals surface area contributed by atoms with Crippen molar-refractivity contribution >= 4 is 46.2 Å². The van der Waals surface area contributed by atoms with Gasteiger partial charge in [0.2, 0.25) is 0 Å². The van der Waals surface area contributed by atoms with E-state index in [1.165, 1.54) is 23.9 Å². The van der Waals surface area contributed by atoms with E-state index in [1.807, 2.05) is 36.4 Å². The van der Waals surface area contributed by atoms with Crippen molar-refractivity contribution in [1.82, 2.24) is 0 Å². The van der Waals surface area contributed by atoms with E-state index < -0.39 is 0 Å². The van der Waals surface area contributed by atoms with Crippen LogP contribution in [-0.2, 0) is 0 Å². The quantitative estimate of drug-likeness (QED) is 0.147. The molecule has 1 aliphatic rings. The Bertz CT molecular complexity index is 1460. The van der Waals surface area contributed by atoms with Gasteiger partial charge in [-0.15, -0.1) is 0 Å². The number of rotatable bonds is 7. The third-order valence-electron chi connectivity index (χ3n) is 6.28. The minimum Gasteiger partial charge on any atom is -0.507 e. The number of nitrogens with zero attached hydrogens (tertiary/aromatic N) is 1. The van der Waals surface area contributed by atoms with Crippen molar-refractivity contribution in [3.63, 3.8) is 0 Å². The van der Waals surface area contributed by atoms with Crippen molar-refractivity contribution in [2.75, 3.05) is 11.4 Å². The lowest BCUT2D eigenvalue weighted by atomic mass is 10.1. The third kappa shape index (κ3) is 5.12. The molecule has 0 unspecified atom stereocenters. The summed E-state index contributed by atoms with van der Waals surface area (Å²) in [4.78, 5) is 29.1. The minimum absolute atomic E-state index is 0.107. The SMILES string of the molecule is CCN1c2ccc(C(O)=CC(=O)c3ccccc3)cc2Sc2cc(/C(O)=C/C(=O)c3ccccc3)ccc21. The van der Waals surface area contributed by atoms with E-state index in [4.69, 9.17) is 0 Å². The molecular formula is C32H25NO4S. The molecule has 5 nitrogen and oxygen atoms in total. The van der Waals surface area contributed by atoms with E-state index in [1.54, 1.807) is 60.7 Å². The zero-order chi connectivity index (χ0) is 26.6. The van der Waals surface area contributed by atoms with Gasteiger partial charge in [0.1, 0.15) is 11.5 Å². The average molecular weight is 520 g/mol. The first kappa shape index (κ1) is 25.1. The standard InChI is InChI=1S/C32H25NO4S/c1-2-33-25-15-13-23(29(36)19-27(34)21-9-5-3-6-10-21)17-31(25)38-32-18-24(14-16-26(32)33)30(37)20-28(35)22-11-7-4-8-12-22/h3-20,36-37H,2H2,1H3/b29-19-,30-20?. The molecule has 38 heavy (non-hydrogen) atoms. The van der Waals surface area contributed by atoms with Gasteiger partial charge in [0.25, 0.3) is 0 Å². The first-order valence-electron chi connectivity index (χ1n) is 12.2. The molecule has 5 rings (SSSR count). The van der Waals surface area contributed by atoms with Crippen LogP contribution in [0.1, 0.15) is 38.8 Å². The largest absolute Gasteiger partial charge is 0.507 e. The first-order chi connectivity index (χ1) is 18.4. The summed E-state index contributed by atoms with van der Waals surface area (Å²) in [5, 5.41) is 21.4. The molecule has 0 bridgehead atoms. The highest BCUT2D eigenvalue weighted by molar-refractivity contribution is 7.99. The Hall–Kier alpha value is -4.55. The van der Waals surface area contributed by atoms with Crippen LogP contribution < -0.4 is 4.90 Å². The monoisotopic (exact) mass is 519 g/mol. The average Bonchev–Trinajstić information content (AvgIpc) is 2.96. The fourth-order valence-corrected chi connectivity index (χ4v) is 5.51. The Balaban J connectivity index is 1.44. The third-order valence-corrected chi connectivity index (χ3v) is 7.37. The molecule has 0 atom stereocenters. The minimum atomic E-state index is -0.272. The van der Waals surface area contributed by atoms with Gasteiger partial charge in [-0.1, -0.05) is 72.4 Å². The van der Waals surface area contributed by atoms with Gasteiger partial charge in [-0.3, -0.25) is 9.59 Å². The maximum atomic E-state index is 12.5. The van der Waals surface area contributed by atoms with Crippen LogP contribution in [0.4, 0.5) is 11.4 Å². The highest BCUT2D eigenvalue weighted by atomic mass is 32.2. The Morgan fingerprint density at radius 1 is 0.658 bits per heavy atom. The van der Waals surface area contributed by atoms with E-state index in [0.29, 0.717) is 28.8 Å². The number of ketones is 2. The van der Waals surface area contributed by atoms with Crippen molar-refractivity contribution in [2.24, 2.45) is 0 Å². The molecule has 0 amide bonds. The lowest BCUT2D eigenvalue weighted by Gasteiger charge is -2.32. The van der Waals surface area contributed by atoms with Gasteiger partial charge < -0.3 is 15.1 Å². The topological polar surface area (TPSA) is 77.8 Å². The summed E-state index contributed by atoms with van der Waals surface area (Å²) < 4.78 is 0. The number of hydrogen-bond donors (Lipinski definition) is 2. The van der Waals surface area contributed by atoms with Gasteiger partial charge in [0.05, 0.1) is 11.4 Å². The van der Waals surface area contributed by atoms with Gasteiger partial charge in [-0.25, -0.2) is 0 Å². The van der Waals surface area contributed by atoms with Crippen LogP contribution in [0.2, 0.25) is 0 Å². The number of hydrogen-bond acceptors (Lipinski definition) is 6. The molecule has 0 saturated heterocycles. The van der Waals surface area contributed by atoms with Crippen LogP contribution in [0.15, 0.2) is 119 Å². The second-order valence-electron chi connectivity index (χ2n) is 8.73. The maximum Gasteiger partial charge on any atom is 0.189 e. The van der Waals surface area contributed by atoms with Gasteiger partial charge in [-0.2, -0.15) is 0 Å². The number of fused-ring (bicyclic) bond motifs is 2. The predicted molar refractivity (Wildman–Crippen MR) is 152 cm³/mol. The molecule has 0 aliphatic carbocycles. The number of aliphatic hydroxyl groups excluding tert-OH is 2. The molecule has 0 spiro atoms. The van der Waals surface area contributed by atoms with Gasteiger partial charge >= 0.3 is 0 Å². The molecule has 188 valence electrons. The fraction of sp³-hybridized carbons (Fsp3) is 0.0625. The number of carbonyl (C=O) groups is 2. The van der Waals surface area contributed by atoms with E-state index in [2.05, 4.69) is 11.8 Å². The lowest BCUT2D eigenvalue weighted by Crippen LogP contribution is -2.20. The molecular weight excluding hydrogens is 494 g/mol. The summed E-state index contributed by atoms with van der Waals surface area (Å²) in [6, 6.07) is 28.8. The fourth-order valence-electron chi connectivity index (χ4n) is 4.33. The summed E-state index contributed by atoms with van der Waals surface area (Å²) in [5.74, 6) is -0.758. The summed E-state index contributed by atoms with van der Waals surface area (Å²) >= 11 is 1.51. The van der Waals surface area contributed by atoms with E-state index >= 15 is 0 Å². The van der Waals surface area contributed by atoms with Crippen LogP contribution in [0.3, 0.4) is 0 Å². The molecule has 0 fully saturated rings. The van der Waals surface area contributed by atoms with Crippen LogP contribution >= 0.6 is 11.8 Å². The second-order valence-corrected chi connectivity index (χ2v) is 9.81. The highest BCUT2D eigenvalue weighted by Gasteiger charge is 2.24. The van der Waals surface area contributed by atoms with Crippen molar-refractivity contribution in [3.05, 3.63) is 131 Å². The van der Waals surface area contributed by atoms with E-state index in [-0.39, 0.29) is 23.1 Å². The maximum absolute atomic E-state index is 12.5. The summed E-state index contributed by atoms with van der Waals surface area (Å²) in [6.07, 6.45) is 2.47. The zero-order valence-corrected chi connectivity index (χ0v) is 21.5. The van der Waals surface area contributed by atoms with Crippen molar-refractivity contribution in [3.8, 4) is 0 Å². The van der Waals surface area contributed by atoms with Crippen LogP contribution in [0.25, 0.3) is 11.5 Å². The first-order valence-corrected chi connectivity index (χ1v) is 13.0. The molecule has 1 heterocycles. The molecule has 0 saturated carbocycles. The molecule has 2 N–H and O–H groups in total. The van der Waals surface area contributed by atoms with Gasteiger partial charge in [0, 0.05) is 50.7 Å². The van der Waals surface area contributed by atoms with Crippen LogP contribution in [-0.4, -0.2) is 28.3 Å². The predicted octanol–water partition coefficient (Wildman–Crippen LogP) is 7.87. The molecule has 0 aromatic heterocycles. The van der Waals surface area contributed by atoms with E-state index in [9.17, 15) is 19.8 Å². The summed E-state index contributed by atoms with van der Waals surface area (Å²) in [6.45, 7) is 2.76. The van der Waals surface area contributed by atoms with Crippen molar-refractivity contribution < 1.29 is 19.8 Å². The van der Waals surface area contributed by atoms with Gasteiger partial charge in [0.15, 0.2) is 11.6 Å². The Morgan fingerprint density at radius 3 is 1.47 bits per heavy atom. The van der Waals surface area contributed by atoms with E-state index in [0.717, 1.165) is 21.2 Å². The van der Waals surface area contributed by atoms with Crippen molar-refractivity contribution in [2.45, 2.75) is 16.7 Å². The Labute approximate surface area is 225 Å². The normalized spacial score (nSPS) is 13.0. The zero-order valence-electron chi connectivity index (χ0n) is 20.7. The lowest BCUT2D eigenvalue weighted by molar-refractivity contribution is 0.103. The summed E-state index contributed by atoms with van der Waals surface area (Å²) in [7, 11) is 0. The summed E-state index contributed by atoms with van der Waals surface area (Å²) in [5.41, 5.74) is 4.05. The highest BCUT2D eigenvalue weighted by Crippen LogP contribution is 2.49. The second kappa shape index (κ2) is 10.8. The number of anilines is 2. The van der Waals surface area contributed by atoms with Crippen molar-refractivity contribution in [1.29, 1.82) is 0 Å². The smallest absolute Gasteiger partial charge is 0.189 e. The van der Waals surface area contributed by atoms with Gasteiger partial charge in [-0.05, 0) is 43.3 Å². The van der Waals surface area contributed by atoms with Crippen LogP contribution in [0, 0.1) is 0 Å². The van der Waals surface area contributed by atoms with Crippen LogP contribution in [0.5, 0.6) is 0 Å². The number of aliphatic hydroxyl groups is 2. The number of carbonyl (C=O) groups excluding carboxylic acids is 2. The number of allylic oxidation sites excluding steroid dienone is 2.